The Kier molecular flexibility index (Phi) is 4.64. The maximum absolute atomic E-state index is 12.8. The summed E-state index contributed by atoms with van der Waals surface area (Å²) in [7, 11) is 0. The molecule has 1 aromatic carbocycles. The number of aliphatic hydroxyl groups excluding tert-OH is 1. The summed E-state index contributed by atoms with van der Waals surface area (Å²) < 4.78 is 38.3. The van der Waals surface area contributed by atoms with Crippen LogP contribution in [0.5, 0.6) is 0 Å². The van der Waals surface area contributed by atoms with Gasteiger partial charge in [-0.05, 0) is 6.07 Å². The Hall–Kier alpha value is -1.86. The normalized spacial score (nSPS) is 11.9. The highest BCUT2D eigenvalue weighted by Gasteiger charge is 2.32. The van der Waals surface area contributed by atoms with E-state index in [-0.39, 0.29) is 19.7 Å². The van der Waals surface area contributed by atoms with Crippen molar-refractivity contribution in [1.82, 2.24) is 4.98 Å². The fraction of sp³-hybridized carbons (Fsp3) is 0.357. The number of rotatable bonds is 5. The molecule has 0 aliphatic rings. The lowest BCUT2D eigenvalue weighted by Crippen LogP contribution is -2.37. The van der Waals surface area contributed by atoms with Crippen molar-refractivity contribution in [3.8, 4) is 0 Å². The third kappa shape index (κ3) is 3.62. The van der Waals surface area contributed by atoms with Crippen molar-refractivity contribution >= 4 is 16.6 Å². The molecule has 0 amide bonds. The molecule has 7 heteroatoms. The van der Waals surface area contributed by atoms with E-state index in [2.05, 4.69) is 4.98 Å². The summed E-state index contributed by atoms with van der Waals surface area (Å²) >= 11 is 0. The second-order valence-electron chi connectivity index (χ2n) is 4.61. The first-order chi connectivity index (χ1) is 9.96. The number of hydrogen-bond donors (Lipinski definition) is 2. The van der Waals surface area contributed by atoms with E-state index >= 15 is 0 Å². The highest BCUT2D eigenvalue weighted by Crippen LogP contribution is 2.31. The molecule has 1 heterocycles. The first-order valence-electron chi connectivity index (χ1n) is 6.45. The average Bonchev–Trinajstić information content (AvgIpc) is 2.44. The van der Waals surface area contributed by atoms with Gasteiger partial charge >= 0.3 is 6.18 Å². The highest BCUT2D eigenvalue weighted by molar-refractivity contribution is 5.93. The first kappa shape index (κ1) is 15.5. The molecule has 0 saturated carbocycles. The number of aliphatic hydroxyl groups is 1. The van der Waals surface area contributed by atoms with Gasteiger partial charge in [0.1, 0.15) is 6.54 Å². The van der Waals surface area contributed by atoms with E-state index in [1.165, 1.54) is 6.20 Å². The topological polar surface area (TPSA) is 62.4 Å². The predicted octanol–water partition coefficient (Wildman–Crippen LogP) is 2.05. The van der Waals surface area contributed by atoms with Crippen LogP contribution in [-0.4, -0.2) is 36.0 Å². The van der Waals surface area contributed by atoms with E-state index in [4.69, 9.17) is 10.8 Å². The van der Waals surface area contributed by atoms with Crippen LogP contribution < -0.4 is 10.6 Å². The van der Waals surface area contributed by atoms with E-state index in [0.29, 0.717) is 22.2 Å². The first-order valence-corrected chi connectivity index (χ1v) is 6.45. The van der Waals surface area contributed by atoms with Gasteiger partial charge in [-0.1, -0.05) is 18.2 Å². The lowest BCUT2D eigenvalue weighted by Gasteiger charge is -2.28. The minimum absolute atomic E-state index is 0.0763. The molecular weight excluding hydrogens is 283 g/mol. The molecule has 0 saturated heterocycles. The summed E-state index contributed by atoms with van der Waals surface area (Å²) in [6.07, 6.45) is -2.89. The van der Waals surface area contributed by atoms with Crippen LogP contribution >= 0.6 is 0 Å². The number of hydrogen-bond acceptors (Lipinski definition) is 4. The minimum atomic E-state index is -4.37. The van der Waals surface area contributed by atoms with Gasteiger partial charge in [0.15, 0.2) is 0 Å². The van der Waals surface area contributed by atoms with Gasteiger partial charge in [-0.3, -0.25) is 4.98 Å². The van der Waals surface area contributed by atoms with Gasteiger partial charge in [0.25, 0.3) is 0 Å². The lowest BCUT2D eigenvalue weighted by atomic mass is 10.1. The Bertz CT molecular complexity index is 616. The van der Waals surface area contributed by atoms with Gasteiger partial charge < -0.3 is 15.7 Å². The molecule has 0 radical (unpaired) electrons. The van der Waals surface area contributed by atoms with Crippen molar-refractivity contribution < 1.29 is 18.3 Å². The van der Waals surface area contributed by atoms with Crippen molar-refractivity contribution in [3.05, 3.63) is 36.0 Å². The Morgan fingerprint density at radius 1 is 1.24 bits per heavy atom. The number of pyridine rings is 1. The molecule has 1 aromatic heterocycles. The number of alkyl halides is 3. The van der Waals surface area contributed by atoms with Crippen molar-refractivity contribution in [2.75, 3.05) is 24.6 Å². The molecular formula is C14H16F3N3O. The molecule has 0 aliphatic heterocycles. The maximum Gasteiger partial charge on any atom is 0.405 e. The van der Waals surface area contributed by atoms with Crippen LogP contribution in [0.15, 0.2) is 30.5 Å². The molecule has 0 unspecified atom stereocenters. The Morgan fingerprint density at radius 3 is 2.57 bits per heavy atom. The fourth-order valence-electron chi connectivity index (χ4n) is 2.30. The summed E-state index contributed by atoms with van der Waals surface area (Å²) in [5, 5.41) is 9.67. The second-order valence-corrected chi connectivity index (χ2v) is 4.61. The van der Waals surface area contributed by atoms with Crippen molar-refractivity contribution in [1.29, 1.82) is 0 Å². The van der Waals surface area contributed by atoms with E-state index in [1.807, 2.05) is 0 Å². The Morgan fingerprint density at radius 2 is 1.95 bits per heavy atom. The number of halogens is 3. The molecule has 4 nitrogen and oxygen atoms in total. The highest BCUT2D eigenvalue weighted by atomic mass is 19.4. The third-order valence-electron chi connectivity index (χ3n) is 3.10. The van der Waals surface area contributed by atoms with Gasteiger partial charge in [0.05, 0.1) is 17.8 Å². The third-order valence-corrected chi connectivity index (χ3v) is 3.10. The van der Waals surface area contributed by atoms with E-state index in [0.717, 1.165) is 4.90 Å². The molecule has 2 aromatic rings. The van der Waals surface area contributed by atoms with Crippen molar-refractivity contribution in [2.45, 2.75) is 12.7 Å². The lowest BCUT2D eigenvalue weighted by molar-refractivity contribution is -0.119. The molecule has 0 fully saturated rings. The van der Waals surface area contributed by atoms with Crippen LogP contribution in [0.2, 0.25) is 0 Å². The van der Waals surface area contributed by atoms with Crippen LogP contribution in [-0.2, 0) is 6.54 Å². The smallest absolute Gasteiger partial charge is 0.395 e. The summed E-state index contributed by atoms with van der Waals surface area (Å²) in [4.78, 5) is 5.30. The van der Waals surface area contributed by atoms with Crippen LogP contribution in [0.4, 0.5) is 18.9 Å². The minimum Gasteiger partial charge on any atom is -0.395 e. The van der Waals surface area contributed by atoms with Crippen LogP contribution in [0.3, 0.4) is 0 Å². The van der Waals surface area contributed by atoms with Crippen molar-refractivity contribution in [3.63, 3.8) is 0 Å². The molecule has 21 heavy (non-hydrogen) atoms. The SMILES string of the molecule is NCc1cnc2ccccc2c1N(CCO)CC(F)(F)F. The fourth-order valence-corrected chi connectivity index (χ4v) is 2.30. The standard InChI is InChI=1S/C14H16F3N3O/c15-14(16,17)9-20(5-6-21)13-10(7-18)8-19-12-4-2-1-3-11(12)13/h1-4,8,21H,5-7,9,18H2. The van der Waals surface area contributed by atoms with Crippen LogP contribution in [0.1, 0.15) is 5.56 Å². The summed E-state index contributed by atoms with van der Waals surface area (Å²) in [5.74, 6) is 0. The maximum atomic E-state index is 12.8. The van der Waals surface area contributed by atoms with Gasteiger partial charge in [-0.2, -0.15) is 13.2 Å². The number of nitrogens with zero attached hydrogens (tertiary/aromatic N) is 2. The Balaban J connectivity index is 2.58. The van der Waals surface area contributed by atoms with E-state index in [1.54, 1.807) is 24.3 Å². The molecule has 0 spiro atoms. The van der Waals surface area contributed by atoms with Crippen molar-refractivity contribution in [2.24, 2.45) is 5.73 Å². The van der Waals surface area contributed by atoms with Gasteiger partial charge in [-0.15, -0.1) is 0 Å². The number of anilines is 1. The molecule has 0 bridgehead atoms. The zero-order chi connectivity index (χ0) is 15.5. The number of aromatic nitrogens is 1. The van der Waals surface area contributed by atoms with Gasteiger partial charge in [0.2, 0.25) is 0 Å². The van der Waals surface area contributed by atoms with E-state index in [9.17, 15) is 13.2 Å². The summed E-state index contributed by atoms with van der Waals surface area (Å²) in [6.45, 7) is -1.57. The molecule has 114 valence electrons. The monoisotopic (exact) mass is 299 g/mol. The zero-order valence-electron chi connectivity index (χ0n) is 11.3. The number of benzene rings is 1. The average molecular weight is 299 g/mol. The number of fused-ring (bicyclic) bond motifs is 1. The van der Waals surface area contributed by atoms with E-state index < -0.39 is 12.7 Å². The molecule has 2 rings (SSSR count). The summed E-state index contributed by atoms with van der Waals surface area (Å²) in [6, 6.07) is 6.93. The van der Waals surface area contributed by atoms with Gasteiger partial charge in [0, 0.05) is 30.2 Å². The number of para-hydroxylation sites is 1. The van der Waals surface area contributed by atoms with Gasteiger partial charge in [-0.25, -0.2) is 0 Å². The molecule has 0 aliphatic carbocycles. The molecule has 0 atom stereocenters. The zero-order valence-corrected chi connectivity index (χ0v) is 11.3. The molecule has 3 N–H and O–H groups in total. The number of nitrogens with two attached hydrogens (primary N) is 1. The largest absolute Gasteiger partial charge is 0.405 e. The van der Waals surface area contributed by atoms with Crippen LogP contribution in [0, 0.1) is 0 Å². The Labute approximate surface area is 120 Å². The predicted molar refractivity (Wildman–Crippen MR) is 75.0 cm³/mol. The van der Waals surface area contributed by atoms with Crippen LogP contribution in [0.25, 0.3) is 10.9 Å². The summed E-state index contributed by atoms with van der Waals surface area (Å²) in [5.41, 5.74) is 7.12. The second kappa shape index (κ2) is 6.28. The quantitative estimate of drug-likeness (QED) is 0.887.